The highest BCUT2D eigenvalue weighted by molar-refractivity contribution is 7.13. The Hall–Kier alpha value is -1.92. The highest BCUT2D eigenvalue weighted by Gasteiger charge is 2.13. The largest absolute Gasteiger partial charge is 0.379 e. The third-order valence-corrected chi connectivity index (χ3v) is 4.26. The fraction of sp³-hybridized carbons (Fsp3) is 0.357. The lowest BCUT2D eigenvalue weighted by Crippen LogP contribution is -2.35. The second kappa shape index (κ2) is 6.69. The van der Waals surface area contributed by atoms with Crippen LogP contribution in [-0.4, -0.2) is 36.2 Å². The highest BCUT2D eigenvalue weighted by Crippen LogP contribution is 2.26. The van der Waals surface area contributed by atoms with Crippen LogP contribution in [0.25, 0.3) is 21.0 Å². The minimum atomic E-state index is 0.617. The summed E-state index contributed by atoms with van der Waals surface area (Å²) in [4.78, 5) is 9.81. The molecule has 0 saturated carbocycles. The molecule has 1 fully saturated rings. The molecule has 108 valence electrons. The number of benzene rings is 1. The molecule has 0 N–H and O–H groups in total. The molecule has 0 spiro atoms. The molecule has 1 aliphatic rings. The Morgan fingerprint density at radius 3 is 2.76 bits per heavy atom. The molecule has 0 atom stereocenters. The first-order chi connectivity index (χ1) is 10.3. The lowest BCUT2D eigenvalue weighted by atomic mass is 10.2. The average molecular weight is 301 g/mol. The van der Waals surface area contributed by atoms with Gasteiger partial charge in [0.25, 0.3) is 0 Å². The maximum atomic E-state index is 8.40. The Bertz CT molecular complexity index is 642. The summed E-state index contributed by atoms with van der Waals surface area (Å²) < 4.78 is 5.35. The van der Waals surface area contributed by atoms with Crippen molar-refractivity contribution in [3.8, 4) is 10.6 Å². The summed E-state index contributed by atoms with van der Waals surface area (Å²) >= 11 is 1.64. The van der Waals surface area contributed by atoms with Gasteiger partial charge in [0.15, 0.2) is 0 Å². The molecule has 3 rings (SSSR count). The smallest absolute Gasteiger partial charge is 0.123 e. The molecule has 0 radical (unpaired) electrons. The SMILES string of the molecule is [N-]=[N+]=Nc1ccc(-c2nc(CN3CCOCC3)cs2)cc1. The van der Waals surface area contributed by atoms with Gasteiger partial charge in [0, 0.05) is 41.2 Å². The normalized spacial score (nSPS) is 15.6. The fourth-order valence-electron chi connectivity index (χ4n) is 2.22. The number of hydrogen-bond acceptors (Lipinski definition) is 5. The van der Waals surface area contributed by atoms with Crippen molar-refractivity contribution in [2.45, 2.75) is 6.54 Å². The zero-order valence-corrected chi connectivity index (χ0v) is 12.3. The molecule has 7 heteroatoms. The number of nitrogens with zero attached hydrogens (tertiary/aromatic N) is 5. The van der Waals surface area contributed by atoms with E-state index in [-0.39, 0.29) is 0 Å². The number of azide groups is 1. The summed E-state index contributed by atoms with van der Waals surface area (Å²) in [6.07, 6.45) is 0. The topological polar surface area (TPSA) is 74.1 Å². The van der Waals surface area contributed by atoms with Crippen molar-refractivity contribution in [1.29, 1.82) is 0 Å². The molecular formula is C14H15N5OS. The van der Waals surface area contributed by atoms with Gasteiger partial charge in [-0.25, -0.2) is 4.98 Å². The van der Waals surface area contributed by atoms with Crippen LogP contribution in [-0.2, 0) is 11.3 Å². The van der Waals surface area contributed by atoms with Crippen molar-refractivity contribution in [3.05, 3.63) is 45.8 Å². The predicted octanol–water partition coefficient (Wildman–Crippen LogP) is 3.58. The average Bonchev–Trinajstić information content (AvgIpc) is 2.98. The second-order valence-electron chi connectivity index (χ2n) is 4.77. The Morgan fingerprint density at radius 1 is 1.29 bits per heavy atom. The standard InChI is InChI=1S/C14H15N5OS/c15-18-17-12-3-1-11(2-4-12)14-16-13(10-21-14)9-19-5-7-20-8-6-19/h1-4,10H,5-9H2. The van der Waals surface area contributed by atoms with E-state index in [4.69, 9.17) is 10.3 Å². The van der Waals surface area contributed by atoms with Crippen LogP contribution in [0.4, 0.5) is 5.69 Å². The monoisotopic (exact) mass is 301 g/mol. The van der Waals surface area contributed by atoms with Gasteiger partial charge in [0.2, 0.25) is 0 Å². The number of morpholine rings is 1. The zero-order chi connectivity index (χ0) is 14.5. The lowest BCUT2D eigenvalue weighted by Gasteiger charge is -2.25. The Labute approximate surface area is 126 Å². The summed E-state index contributed by atoms with van der Waals surface area (Å²) in [6.45, 7) is 4.41. The van der Waals surface area contributed by atoms with Crippen LogP contribution < -0.4 is 0 Å². The summed E-state index contributed by atoms with van der Waals surface area (Å²) in [5, 5.41) is 6.66. The third-order valence-electron chi connectivity index (χ3n) is 3.32. The van der Waals surface area contributed by atoms with E-state index >= 15 is 0 Å². The van der Waals surface area contributed by atoms with Gasteiger partial charge in [-0.1, -0.05) is 29.4 Å². The van der Waals surface area contributed by atoms with E-state index in [1.54, 1.807) is 23.5 Å². The maximum absolute atomic E-state index is 8.40. The van der Waals surface area contributed by atoms with Gasteiger partial charge in [-0.15, -0.1) is 11.3 Å². The van der Waals surface area contributed by atoms with Crippen molar-refractivity contribution < 1.29 is 4.74 Å². The zero-order valence-electron chi connectivity index (χ0n) is 11.5. The molecule has 1 aliphatic heterocycles. The predicted molar refractivity (Wildman–Crippen MR) is 82.5 cm³/mol. The molecule has 0 unspecified atom stereocenters. The fourth-order valence-corrected chi connectivity index (χ4v) is 3.04. The molecule has 0 amide bonds. The summed E-state index contributed by atoms with van der Waals surface area (Å²) in [6, 6.07) is 7.47. The lowest BCUT2D eigenvalue weighted by molar-refractivity contribution is 0.0337. The van der Waals surface area contributed by atoms with E-state index < -0.39 is 0 Å². The molecule has 2 aromatic rings. The van der Waals surface area contributed by atoms with E-state index in [0.29, 0.717) is 5.69 Å². The van der Waals surface area contributed by atoms with Gasteiger partial charge >= 0.3 is 0 Å². The third kappa shape index (κ3) is 3.59. The van der Waals surface area contributed by atoms with Crippen molar-refractivity contribution in [2.24, 2.45) is 5.11 Å². The van der Waals surface area contributed by atoms with Crippen LogP contribution in [0.15, 0.2) is 34.8 Å². The molecule has 1 aromatic heterocycles. The van der Waals surface area contributed by atoms with Crippen LogP contribution in [0.3, 0.4) is 0 Å². The van der Waals surface area contributed by atoms with Crippen LogP contribution in [0.5, 0.6) is 0 Å². The van der Waals surface area contributed by atoms with Crippen LogP contribution in [0, 0.1) is 0 Å². The van der Waals surface area contributed by atoms with E-state index in [1.165, 1.54) is 0 Å². The van der Waals surface area contributed by atoms with Gasteiger partial charge in [-0.3, -0.25) is 4.90 Å². The second-order valence-corrected chi connectivity index (χ2v) is 5.63. The van der Waals surface area contributed by atoms with Gasteiger partial charge in [0.05, 0.1) is 18.9 Å². The number of ether oxygens (including phenoxy) is 1. The Morgan fingerprint density at radius 2 is 2.05 bits per heavy atom. The highest BCUT2D eigenvalue weighted by atomic mass is 32.1. The van der Waals surface area contributed by atoms with Crippen LogP contribution in [0.2, 0.25) is 0 Å². The van der Waals surface area contributed by atoms with E-state index in [9.17, 15) is 0 Å². The summed E-state index contributed by atoms with van der Waals surface area (Å²) in [7, 11) is 0. The molecule has 0 aliphatic carbocycles. The Kier molecular flexibility index (Phi) is 4.47. The van der Waals surface area contributed by atoms with Crippen molar-refractivity contribution >= 4 is 17.0 Å². The molecule has 1 saturated heterocycles. The first kappa shape index (κ1) is 14.0. The van der Waals surface area contributed by atoms with E-state index in [1.807, 2.05) is 12.1 Å². The van der Waals surface area contributed by atoms with Gasteiger partial charge in [-0.05, 0) is 5.53 Å². The minimum Gasteiger partial charge on any atom is -0.379 e. The summed E-state index contributed by atoms with van der Waals surface area (Å²) in [5.41, 5.74) is 11.2. The molecule has 6 nitrogen and oxygen atoms in total. The van der Waals surface area contributed by atoms with Gasteiger partial charge in [-0.2, -0.15) is 0 Å². The maximum Gasteiger partial charge on any atom is 0.123 e. The van der Waals surface area contributed by atoms with Crippen molar-refractivity contribution in [1.82, 2.24) is 9.88 Å². The number of aromatic nitrogens is 1. The molecule has 1 aromatic carbocycles. The number of hydrogen-bond donors (Lipinski definition) is 0. The van der Waals surface area contributed by atoms with Crippen LogP contribution in [0.1, 0.15) is 5.69 Å². The van der Waals surface area contributed by atoms with Crippen LogP contribution >= 0.6 is 11.3 Å². The first-order valence-electron chi connectivity index (χ1n) is 6.75. The number of rotatable bonds is 4. The first-order valence-corrected chi connectivity index (χ1v) is 7.63. The van der Waals surface area contributed by atoms with Crippen molar-refractivity contribution in [3.63, 3.8) is 0 Å². The van der Waals surface area contributed by atoms with E-state index in [2.05, 4.69) is 25.3 Å². The van der Waals surface area contributed by atoms with E-state index in [0.717, 1.165) is 49.1 Å². The number of thiazole rings is 1. The quantitative estimate of drug-likeness (QED) is 0.492. The van der Waals surface area contributed by atoms with Gasteiger partial charge in [0.1, 0.15) is 5.01 Å². The molecule has 0 bridgehead atoms. The molecule has 21 heavy (non-hydrogen) atoms. The molecule has 2 heterocycles. The Balaban J connectivity index is 1.70. The molecular weight excluding hydrogens is 286 g/mol. The minimum absolute atomic E-state index is 0.617. The van der Waals surface area contributed by atoms with Gasteiger partial charge < -0.3 is 4.74 Å². The van der Waals surface area contributed by atoms with Crippen molar-refractivity contribution in [2.75, 3.05) is 26.3 Å². The summed E-state index contributed by atoms with van der Waals surface area (Å²) in [5.74, 6) is 0.